The molecule has 1 aliphatic heterocycles. The Labute approximate surface area is 127 Å². The molecule has 0 bridgehead atoms. The molecule has 20 heavy (non-hydrogen) atoms. The molecule has 0 radical (unpaired) electrons. The predicted octanol–water partition coefficient (Wildman–Crippen LogP) is 3.88. The molecule has 1 unspecified atom stereocenters. The van der Waals surface area contributed by atoms with Crippen molar-refractivity contribution >= 4 is 17.3 Å². The van der Waals surface area contributed by atoms with Gasteiger partial charge in [0, 0.05) is 11.7 Å². The Morgan fingerprint density at radius 3 is 2.65 bits per heavy atom. The number of rotatable bonds is 5. The van der Waals surface area contributed by atoms with Gasteiger partial charge in [-0.3, -0.25) is 0 Å². The van der Waals surface area contributed by atoms with Crippen LogP contribution in [0.15, 0.2) is 18.2 Å². The summed E-state index contributed by atoms with van der Waals surface area (Å²) in [5.41, 5.74) is 1.07. The molecule has 0 aliphatic carbocycles. The summed E-state index contributed by atoms with van der Waals surface area (Å²) < 4.78 is 5.18. The molecule has 1 aromatic rings. The van der Waals surface area contributed by atoms with Crippen molar-refractivity contribution in [2.75, 3.05) is 32.1 Å². The van der Waals surface area contributed by atoms with Gasteiger partial charge in [-0.2, -0.15) is 0 Å². The highest BCUT2D eigenvalue weighted by Gasteiger charge is 2.23. The number of nitrogens with zero attached hydrogens (tertiary/aromatic N) is 1. The van der Waals surface area contributed by atoms with Crippen LogP contribution in [0.3, 0.4) is 0 Å². The number of anilines is 1. The second-order valence-corrected chi connectivity index (χ2v) is 5.96. The summed E-state index contributed by atoms with van der Waals surface area (Å²) in [5, 5.41) is 4.24. The lowest BCUT2D eigenvalue weighted by atomic mass is 9.90. The van der Waals surface area contributed by atoms with Crippen molar-refractivity contribution in [1.82, 2.24) is 4.90 Å². The minimum absolute atomic E-state index is 0.471. The van der Waals surface area contributed by atoms with E-state index in [0.29, 0.717) is 11.1 Å². The standard InChI is InChI=1S/C16H25ClN2O/c1-4-19-9-7-13(8-10-19)12(2)18-14-5-6-16(20-3)15(17)11-14/h5-6,11-13,18H,4,7-10H2,1-3H3. The summed E-state index contributed by atoms with van der Waals surface area (Å²) >= 11 is 6.16. The Balaban J connectivity index is 1.91. The Bertz CT molecular complexity index is 430. The van der Waals surface area contributed by atoms with Crippen LogP contribution in [0, 0.1) is 5.92 Å². The maximum atomic E-state index is 6.16. The second kappa shape index (κ2) is 7.19. The quantitative estimate of drug-likeness (QED) is 0.892. The summed E-state index contributed by atoms with van der Waals surface area (Å²) in [4.78, 5) is 2.52. The minimum atomic E-state index is 0.471. The molecule has 2 rings (SSSR count). The number of halogens is 1. The summed E-state index contributed by atoms with van der Waals surface area (Å²) in [7, 11) is 1.64. The number of methoxy groups -OCH3 is 1. The number of likely N-dealkylation sites (tertiary alicyclic amines) is 1. The number of piperidine rings is 1. The van der Waals surface area contributed by atoms with Gasteiger partial charge < -0.3 is 15.0 Å². The smallest absolute Gasteiger partial charge is 0.137 e. The van der Waals surface area contributed by atoms with E-state index in [1.54, 1.807) is 7.11 Å². The van der Waals surface area contributed by atoms with Crippen LogP contribution in [0.2, 0.25) is 5.02 Å². The van der Waals surface area contributed by atoms with Gasteiger partial charge in [-0.15, -0.1) is 0 Å². The average molecular weight is 297 g/mol. The van der Waals surface area contributed by atoms with Crippen LogP contribution in [0.4, 0.5) is 5.69 Å². The van der Waals surface area contributed by atoms with Crippen LogP contribution in [0.5, 0.6) is 5.75 Å². The van der Waals surface area contributed by atoms with Gasteiger partial charge in [0.1, 0.15) is 5.75 Å². The number of nitrogens with one attached hydrogen (secondary N) is 1. The fourth-order valence-electron chi connectivity index (χ4n) is 2.91. The maximum absolute atomic E-state index is 6.16. The lowest BCUT2D eigenvalue weighted by molar-refractivity contribution is 0.183. The molecule has 1 N–H and O–H groups in total. The van der Waals surface area contributed by atoms with Gasteiger partial charge in [-0.25, -0.2) is 0 Å². The first-order valence-electron chi connectivity index (χ1n) is 7.46. The van der Waals surface area contributed by atoms with E-state index in [-0.39, 0.29) is 0 Å². The molecule has 1 aliphatic rings. The number of hydrogen-bond acceptors (Lipinski definition) is 3. The van der Waals surface area contributed by atoms with E-state index in [2.05, 4.69) is 24.1 Å². The molecule has 0 saturated carbocycles. The maximum Gasteiger partial charge on any atom is 0.137 e. The van der Waals surface area contributed by atoms with E-state index in [1.807, 2.05) is 18.2 Å². The van der Waals surface area contributed by atoms with E-state index < -0.39 is 0 Å². The molecule has 0 aromatic heterocycles. The molecule has 1 fully saturated rings. The lowest BCUT2D eigenvalue weighted by Crippen LogP contribution is -2.39. The van der Waals surface area contributed by atoms with Crippen molar-refractivity contribution < 1.29 is 4.74 Å². The van der Waals surface area contributed by atoms with E-state index in [4.69, 9.17) is 16.3 Å². The first-order chi connectivity index (χ1) is 9.63. The highest BCUT2D eigenvalue weighted by Crippen LogP contribution is 2.29. The van der Waals surface area contributed by atoms with Crippen molar-refractivity contribution in [2.24, 2.45) is 5.92 Å². The normalized spacial score (nSPS) is 18.8. The predicted molar refractivity (Wildman–Crippen MR) is 85.9 cm³/mol. The molecule has 3 nitrogen and oxygen atoms in total. The molecule has 112 valence electrons. The van der Waals surface area contributed by atoms with Gasteiger partial charge in [0.05, 0.1) is 12.1 Å². The Hall–Kier alpha value is -0.930. The molecular formula is C16H25ClN2O. The highest BCUT2D eigenvalue weighted by molar-refractivity contribution is 6.32. The van der Waals surface area contributed by atoms with Crippen molar-refractivity contribution in [3.05, 3.63) is 23.2 Å². The molecule has 1 saturated heterocycles. The zero-order valence-corrected chi connectivity index (χ0v) is 13.4. The highest BCUT2D eigenvalue weighted by atomic mass is 35.5. The van der Waals surface area contributed by atoms with Crippen LogP contribution in [0.1, 0.15) is 26.7 Å². The summed E-state index contributed by atoms with van der Waals surface area (Å²) in [6.45, 7) is 8.11. The van der Waals surface area contributed by atoms with Crippen molar-refractivity contribution in [3.63, 3.8) is 0 Å². The van der Waals surface area contributed by atoms with Crippen LogP contribution in [-0.4, -0.2) is 37.7 Å². The van der Waals surface area contributed by atoms with Gasteiger partial charge in [-0.1, -0.05) is 18.5 Å². The van der Waals surface area contributed by atoms with E-state index in [0.717, 1.165) is 17.4 Å². The monoisotopic (exact) mass is 296 g/mol. The summed E-state index contributed by atoms with van der Waals surface area (Å²) in [6, 6.07) is 6.36. The summed E-state index contributed by atoms with van der Waals surface area (Å²) in [5.74, 6) is 1.46. The van der Waals surface area contributed by atoms with Gasteiger partial charge >= 0.3 is 0 Å². The molecule has 0 spiro atoms. The molecule has 0 amide bonds. The third-order valence-electron chi connectivity index (χ3n) is 4.33. The first-order valence-corrected chi connectivity index (χ1v) is 7.84. The van der Waals surface area contributed by atoms with Gasteiger partial charge in [0.25, 0.3) is 0 Å². The van der Waals surface area contributed by atoms with Crippen LogP contribution in [-0.2, 0) is 0 Å². The lowest BCUT2D eigenvalue weighted by Gasteiger charge is -2.34. The Morgan fingerprint density at radius 2 is 2.10 bits per heavy atom. The summed E-state index contributed by atoms with van der Waals surface area (Å²) in [6.07, 6.45) is 2.54. The molecular weight excluding hydrogens is 272 g/mol. The molecule has 4 heteroatoms. The average Bonchev–Trinajstić information content (AvgIpc) is 2.47. The van der Waals surface area contributed by atoms with Crippen molar-refractivity contribution in [2.45, 2.75) is 32.7 Å². The number of ether oxygens (including phenoxy) is 1. The zero-order valence-electron chi connectivity index (χ0n) is 12.7. The van der Waals surface area contributed by atoms with Crippen LogP contribution in [0.25, 0.3) is 0 Å². The van der Waals surface area contributed by atoms with Crippen molar-refractivity contribution in [3.8, 4) is 5.75 Å². The first kappa shape index (κ1) is 15.5. The third-order valence-corrected chi connectivity index (χ3v) is 4.63. The van der Waals surface area contributed by atoms with Crippen molar-refractivity contribution in [1.29, 1.82) is 0 Å². The van der Waals surface area contributed by atoms with E-state index in [9.17, 15) is 0 Å². The third kappa shape index (κ3) is 3.80. The second-order valence-electron chi connectivity index (χ2n) is 5.55. The zero-order chi connectivity index (χ0) is 14.5. The SMILES string of the molecule is CCN1CCC(C(C)Nc2ccc(OC)c(Cl)c2)CC1. The van der Waals surface area contributed by atoms with Gasteiger partial charge in [0.15, 0.2) is 0 Å². The molecule has 1 heterocycles. The van der Waals surface area contributed by atoms with E-state index >= 15 is 0 Å². The molecule has 1 aromatic carbocycles. The Kier molecular flexibility index (Phi) is 5.55. The number of benzene rings is 1. The van der Waals surface area contributed by atoms with Crippen LogP contribution < -0.4 is 10.1 Å². The minimum Gasteiger partial charge on any atom is -0.495 e. The largest absolute Gasteiger partial charge is 0.495 e. The van der Waals surface area contributed by atoms with Gasteiger partial charge in [-0.05, 0) is 63.5 Å². The molecule has 1 atom stereocenters. The topological polar surface area (TPSA) is 24.5 Å². The van der Waals surface area contributed by atoms with Crippen LogP contribution >= 0.6 is 11.6 Å². The fourth-order valence-corrected chi connectivity index (χ4v) is 3.16. The Morgan fingerprint density at radius 1 is 1.40 bits per heavy atom. The fraction of sp³-hybridized carbons (Fsp3) is 0.625. The van der Waals surface area contributed by atoms with Gasteiger partial charge in [0.2, 0.25) is 0 Å². The van der Waals surface area contributed by atoms with E-state index in [1.165, 1.54) is 32.5 Å². The number of hydrogen-bond donors (Lipinski definition) is 1.